The first-order chi connectivity index (χ1) is 11.7. The molecular weight excluding hydrogens is 403 g/mol. The second-order valence-electron chi connectivity index (χ2n) is 5.27. The van der Waals surface area contributed by atoms with Crippen LogP contribution in [0, 0.1) is 0 Å². The van der Waals surface area contributed by atoms with Gasteiger partial charge in [0.25, 0.3) is 5.91 Å². The van der Waals surface area contributed by atoms with E-state index in [0.717, 1.165) is 28.7 Å². The molecule has 0 aliphatic heterocycles. The van der Waals surface area contributed by atoms with E-state index in [2.05, 4.69) is 21.2 Å². The third-order valence-corrected chi connectivity index (χ3v) is 3.96. The van der Waals surface area contributed by atoms with Crippen molar-refractivity contribution in [3.8, 4) is 0 Å². The van der Waals surface area contributed by atoms with Crippen LogP contribution < -0.4 is 5.32 Å². The molecule has 1 atom stereocenters. The zero-order valence-corrected chi connectivity index (χ0v) is 14.3. The maximum Gasteiger partial charge on any atom is 0.416 e. The maximum atomic E-state index is 12.5. The van der Waals surface area contributed by atoms with E-state index < -0.39 is 29.7 Å². The average molecular weight is 416 g/mol. The molecule has 0 unspecified atom stereocenters. The topological polar surface area (TPSA) is 66.4 Å². The van der Waals surface area contributed by atoms with Crippen LogP contribution in [0.5, 0.6) is 0 Å². The predicted octanol–water partition coefficient (Wildman–Crippen LogP) is 3.89. The summed E-state index contributed by atoms with van der Waals surface area (Å²) >= 11 is 3.27. The Hall–Kier alpha value is -2.35. The molecule has 2 N–H and O–H groups in total. The van der Waals surface area contributed by atoms with Crippen LogP contribution >= 0.6 is 15.9 Å². The second-order valence-corrected chi connectivity index (χ2v) is 6.19. The first-order valence-corrected chi connectivity index (χ1v) is 7.91. The number of amides is 1. The Balaban J connectivity index is 2.09. The number of nitrogens with one attached hydrogen (secondary N) is 1. The summed E-state index contributed by atoms with van der Waals surface area (Å²) in [6.45, 7) is 0. The van der Waals surface area contributed by atoms with Gasteiger partial charge in [0.05, 0.1) is 5.56 Å². The standard InChI is InChI=1S/C17H13BrF3NO3/c18-13-7-1-10(2-8-13)9-14(16(24)25)22-15(23)11-3-5-12(6-4-11)17(19,20)21/h1-8,14H,9H2,(H,22,23)(H,24,25)/t14-/m0/s1. The number of hydrogen-bond acceptors (Lipinski definition) is 2. The number of hydrogen-bond donors (Lipinski definition) is 2. The van der Waals surface area contributed by atoms with Crippen molar-refractivity contribution in [3.05, 3.63) is 69.7 Å². The van der Waals surface area contributed by atoms with Crippen LogP contribution in [0.25, 0.3) is 0 Å². The summed E-state index contributed by atoms with van der Waals surface area (Å²) in [4.78, 5) is 23.5. The van der Waals surface area contributed by atoms with Crippen molar-refractivity contribution in [3.63, 3.8) is 0 Å². The monoisotopic (exact) mass is 415 g/mol. The van der Waals surface area contributed by atoms with Crippen molar-refractivity contribution in [2.75, 3.05) is 0 Å². The van der Waals surface area contributed by atoms with E-state index >= 15 is 0 Å². The van der Waals surface area contributed by atoms with E-state index in [9.17, 15) is 27.9 Å². The molecule has 8 heteroatoms. The molecule has 1 amide bonds. The minimum atomic E-state index is -4.50. The highest BCUT2D eigenvalue weighted by atomic mass is 79.9. The molecule has 132 valence electrons. The van der Waals surface area contributed by atoms with E-state index in [1.54, 1.807) is 24.3 Å². The molecule has 0 radical (unpaired) electrons. The largest absolute Gasteiger partial charge is 0.480 e. The van der Waals surface area contributed by atoms with Crippen LogP contribution in [0.15, 0.2) is 53.0 Å². The molecule has 0 spiro atoms. The minimum absolute atomic E-state index is 0.0462. The third kappa shape index (κ3) is 5.32. The van der Waals surface area contributed by atoms with Crippen molar-refractivity contribution in [2.45, 2.75) is 18.6 Å². The van der Waals surface area contributed by atoms with Gasteiger partial charge in [-0.25, -0.2) is 4.79 Å². The smallest absolute Gasteiger partial charge is 0.416 e. The number of carbonyl (C=O) groups excluding carboxylic acids is 1. The van der Waals surface area contributed by atoms with Gasteiger partial charge in [0, 0.05) is 16.5 Å². The summed E-state index contributed by atoms with van der Waals surface area (Å²) in [7, 11) is 0. The number of carbonyl (C=O) groups is 2. The molecule has 0 aromatic heterocycles. The molecule has 0 aliphatic carbocycles. The molecule has 4 nitrogen and oxygen atoms in total. The van der Waals surface area contributed by atoms with E-state index in [4.69, 9.17) is 0 Å². The van der Waals surface area contributed by atoms with Gasteiger partial charge in [-0.3, -0.25) is 4.79 Å². The molecule has 0 aliphatic rings. The van der Waals surface area contributed by atoms with E-state index in [1.165, 1.54) is 0 Å². The molecule has 0 fully saturated rings. The van der Waals surface area contributed by atoms with Gasteiger partial charge in [-0.15, -0.1) is 0 Å². The number of alkyl halides is 3. The van der Waals surface area contributed by atoms with Crippen molar-refractivity contribution in [2.24, 2.45) is 0 Å². The van der Waals surface area contributed by atoms with Gasteiger partial charge in [0.15, 0.2) is 0 Å². The van der Waals surface area contributed by atoms with Gasteiger partial charge in [-0.1, -0.05) is 28.1 Å². The minimum Gasteiger partial charge on any atom is -0.480 e. The van der Waals surface area contributed by atoms with Gasteiger partial charge in [-0.05, 0) is 42.0 Å². The summed E-state index contributed by atoms with van der Waals surface area (Å²) in [5, 5.41) is 11.6. The fourth-order valence-electron chi connectivity index (χ4n) is 2.11. The van der Waals surface area contributed by atoms with E-state index in [-0.39, 0.29) is 12.0 Å². The first kappa shape index (κ1) is 19.0. The fraction of sp³-hybridized carbons (Fsp3) is 0.176. The summed E-state index contributed by atoms with van der Waals surface area (Å²) in [5.41, 5.74) is -0.230. The second kappa shape index (κ2) is 7.69. The Morgan fingerprint density at radius 3 is 2.08 bits per heavy atom. The summed E-state index contributed by atoms with van der Waals surface area (Å²) in [5.74, 6) is -1.98. The lowest BCUT2D eigenvalue weighted by atomic mass is 10.1. The van der Waals surface area contributed by atoms with Crippen LogP contribution in [0.2, 0.25) is 0 Å². The molecule has 2 rings (SSSR count). The number of halogens is 4. The molecule has 0 saturated carbocycles. The first-order valence-electron chi connectivity index (χ1n) is 7.12. The average Bonchev–Trinajstić information content (AvgIpc) is 2.55. The van der Waals surface area contributed by atoms with Crippen molar-refractivity contribution >= 4 is 27.8 Å². The van der Waals surface area contributed by atoms with Crippen LogP contribution in [0.1, 0.15) is 21.5 Å². The van der Waals surface area contributed by atoms with Gasteiger partial charge < -0.3 is 10.4 Å². The molecular formula is C17H13BrF3NO3. The summed E-state index contributed by atoms with van der Waals surface area (Å²) in [6, 6.07) is 9.29. The summed E-state index contributed by atoms with van der Waals surface area (Å²) in [6.07, 6.45) is -4.45. The van der Waals surface area contributed by atoms with Gasteiger partial charge >= 0.3 is 12.1 Å². The number of benzene rings is 2. The Morgan fingerprint density at radius 2 is 1.60 bits per heavy atom. The summed E-state index contributed by atoms with van der Waals surface area (Å²) < 4.78 is 38.4. The van der Waals surface area contributed by atoms with Gasteiger partial charge in [-0.2, -0.15) is 13.2 Å². The van der Waals surface area contributed by atoms with Crippen LogP contribution in [0.4, 0.5) is 13.2 Å². The highest BCUT2D eigenvalue weighted by Gasteiger charge is 2.30. The Bertz CT molecular complexity index is 758. The lowest BCUT2D eigenvalue weighted by Crippen LogP contribution is -2.42. The fourth-order valence-corrected chi connectivity index (χ4v) is 2.37. The van der Waals surface area contributed by atoms with E-state index in [0.29, 0.717) is 5.56 Å². The number of rotatable bonds is 5. The lowest BCUT2D eigenvalue weighted by molar-refractivity contribution is -0.139. The molecule has 2 aromatic rings. The molecule has 2 aromatic carbocycles. The Kier molecular flexibility index (Phi) is 5.84. The third-order valence-electron chi connectivity index (χ3n) is 3.43. The number of carboxylic acids is 1. The highest BCUT2D eigenvalue weighted by molar-refractivity contribution is 9.10. The van der Waals surface area contributed by atoms with Gasteiger partial charge in [0.2, 0.25) is 0 Å². The van der Waals surface area contributed by atoms with Crippen molar-refractivity contribution < 1.29 is 27.9 Å². The SMILES string of the molecule is O=C(N[C@@H](Cc1ccc(Br)cc1)C(=O)O)c1ccc(C(F)(F)F)cc1. The van der Waals surface area contributed by atoms with E-state index in [1.807, 2.05) is 0 Å². The predicted molar refractivity (Wildman–Crippen MR) is 88.2 cm³/mol. The number of aliphatic carboxylic acids is 1. The van der Waals surface area contributed by atoms with Crippen LogP contribution in [-0.2, 0) is 17.4 Å². The normalized spacial score (nSPS) is 12.5. The zero-order valence-electron chi connectivity index (χ0n) is 12.7. The van der Waals surface area contributed by atoms with Gasteiger partial charge in [0.1, 0.15) is 6.04 Å². The quantitative estimate of drug-likeness (QED) is 0.778. The Morgan fingerprint density at radius 1 is 1.04 bits per heavy atom. The zero-order chi connectivity index (χ0) is 18.6. The van der Waals surface area contributed by atoms with Crippen LogP contribution in [-0.4, -0.2) is 23.0 Å². The van der Waals surface area contributed by atoms with Crippen LogP contribution in [0.3, 0.4) is 0 Å². The number of carboxylic acid groups (broad SMARTS) is 1. The molecule has 0 bridgehead atoms. The maximum absolute atomic E-state index is 12.5. The molecule has 0 saturated heterocycles. The highest BCUT2D eigenvalue weighted by Crippen LogP contribution is 2.29. The lowest BCUT2D eigenvalue weighted by Gasteiger charge is -2.15. The van der Waals surface area contributed by atoms with Crippen molar-refractivity contribution in [1.82, 2.24) is 5.32 Å². The Labute approximate surface area is 149 Å². The molecule has 0 heterocycles. The van der Waals surface area contributed by atoms with Crippen molar-refractivity contribution in [1.29, 1.82) is 0 Å². The molecule has 25 heavy (non-hydrogen) atoms.